The number of carbonyl (C=O) groups excluding carboxylic acids is 1. The van der Waals surface area contributed by atoms with Crippen LogP contribution in [0.1, 0.15) is 33.9 Å². The number of aromatic nitrogens is 5. The van der Waals surface area contributed by atoms with Gasteiger partial charge in [-0.25, -0.2) is 4.98 Å². The fourth-order valence-electron chi connectivity index (χ4n) is 4.95. The van der Waals surface area contributed by atoms with Gasteiger partial charge < -0.3 is 4.90 Å². The molecule has 0 bridgehead atoms. The van der Waals surface area contributed by atoms with Gasteiger partial charge in [-0.15, -0.1) is 21.5 Å². The first-order chi connectivity index (χ1) is 19.6. The number of thiazole rings is 1. The van der Waals surface area contributed by atoms with E-state index in [1.165, 1.54) is 28.7 Å². The predicted molar refractivity (Wildman–Crippen MR) is 160 cm³/mol. The summed E-state index contributed by atoms with van der Waals surface area (Å²) < 4.78 is 1.99. The van der Waals surface area contributed by atoms with Gasteiger partial charge in [-0.05, 0) is 61.1 Å². The molecule has 4 heterocycles. The second-order valence-corrected chi connectivity index (χ2v) is 12.0. The Morgan fingerprint density at radius 3 is 2.58 bits per heavy atom. The van der Waals surface area contributed by atoms with Crippen LogP contribution in [0, 0.1) is 5.92 Å². The predicted octanol–water partition coefficient (Wildman–Crippen LogP) is 6.83. The van der Waals surface area contributed by atoms with Crippen LogP contribution in [0.2, 0.25) is 5.02 Å². The molecule has 202 valence electrons. The van der Waals surface area contributed by atoms with E-state index in [4.69, 9.17) is 11.6 Å². The van der Waals surface area contributed by atoms with Crippen LogP contribution in [-0.2, 0) is 12.2 Å². The first kappa shape index (κ1) is 26.7. The summed E-state index contributed by atoms with van der Waals surface area (Å²) in [6.07, 6.45) is 6.58. The molecule has 7 nitrogen and oxygen atoms in total. The fourth-order valence-corrected chi connectivity index (χ4v) is 6.87. The van der Waals surface area contributed by atoms with E-state index in [1.807, 2.05) is 51.2 Å². The average Bonchev–Trinajstić information content (AvgIpc) is 3.65. The Morgan fingerprint density at radius 1 is 1.00 bits per heavy atom. The minimum atomic E-state index is 0.0210. The number of pyridine rings is 1. The molecule has 3 aromatic heterocycles. The summed E-state index contributed by atoms with van der Waals surface area (Å²) in [7, 11) is 0. The van der Waals surface area contributed by atoms with Crippen molar-refractivity contribution in [3.8, 4) is 17.1 Å². The van der Waals surface area contributed by atoms with E-state index in [2.05, 4.69) is 50.5 Å². The minimum absolute atomic E-state index is 0.0210. The van der Waals surface area contributed by atoms with Crippen molar-refractivity contribution in [2.24, 2.45) is 5.92 Å². The van der Waals surface area contributed by atoms with Crippen molar-refractivity contribution in [1.82, 2.24) is 29.6 Å². The summed E-state index contributed by atoms with van der Waals surface area (Å²) in [5.74, 6) is 1.92. The molecule has 2 aromatic carbocycles. The number of amides is 1. The largest absolute Gasteiger partial charge is 0.337 e. The molecule has 0 radical (unpaired) electrons. The lowest BCUT2D eigenvalue weighted by Crippen LogP contribution is -2.39. The number of benzene rings is 2. The van der Waals surface area contributed by atoms with Crippen molar-refractivity contribution >= 4 is 40.6 Å². The van der Waals surface area contributed by atoms with Crippen LogP contribution in [-0.4, -0.2) is 48.6 Å². The summed E-state index contributed by atoms with van der Waals surface area (Å²) in [5, 5.41) is 13.1. The van der Waals surface area contributed by atoms with E-state index >= 15 is 0 Å². The number of hydrogen-bond acceptors (Lipinski definition) is 7. The van der Waals surface area contributed by atoms with Gasteiger partial charge in [0, 0.05) is 41.4 Å². The number of likely N-dealkylation sites (tertiary alicyclic amines) is 1. The lowest BCUT2D eigenvalue weighted by Gasteiger charge is -2.31. The fraction of sp³-hybridized carbons (Fsp3) is 0.233. The quantitative estimate of drug-likeness (QED) is 0.186. The number of carbonyl (C=O) groups is 1. The number of piperidine rings is 1. The number of hydrogen-bond donors (Lipinski definition) is 0. The van der Waals surface area contributed by atoms with Gasteiger partial charge in [0.2, 0.25) is 0 Å². The molecule has 1 amide bonds. The maximum absolute atomic E-state index is 13.2. The zero-order chi connectivity index (χ0) is 27.3. The molecular formula is C30H27ClN6OS2. The van der Waals surface area contributed by atoms with Crippen molar-refractivity contribution in [3.63, 3.8) is 0 Å². The third-order valence-corrected chi connectivity index (χ3v) is 9.21. The second kappa shape index (κ2) is 12.3. The molecule has 0 aliphatic carbocycles. The number of rotatable bonds is 8. The molecule has 5 aromatic rings. The molecule has 1 fully saturated rings. The number of halogens is 1. The minimum Gasteiger partial charge on any atom is -0.337 e. The topological polar surface area (TPSA) is 76.8 Å². The van der Waals surface area contributed by atoms with E-state index in [9.17, 15) is 4.79 Å². The summed E-state index contributed by atoms with van der Waals surface area (Å²) in [6, 6.07) is 22.0. The summed E-state index contributed by atoms with van der Waals surface area (Å²) in [5.41, 5.74) is 3.67. The Morgan fingerprint density at radius 2 is 1.80 bits per heavy atom. The van der Waals surface area contributed by atoms with Crippen molar-refractivity contribution in [2.75, 3.05) is 13.1 Å². The molecule has 6 rings (SSSR count). The smallest absolute Gasteiger partial charge is 0.273 e. The van der Waals surface area contributed by atoms with Crippen molar-refractivity contribution in [2.45, 2.75) is 30.2 Å². The average molecular weight is 587 g/mol. The maximum atomic E-state index is 13.2. The van der Waals surface area contributed by atoms with Crippen molar-refractivity contribution < 1.29 is 4.79 Å². The van der Waals surface area contributed by atoms with Crippen LogP contribution in [0.4, 0.5) is 0 Å². The normalized spacial score (nSPS) is 14.0. The third-order valence-electron chi connectivity index (χ3n) is 7.00. The molecule has 1 aliphatic rings. The van der Waals surface area contributed by atoms with Gasteiger partial charge in [0.15, 0.2) is 11.0 Å². The van der Waals surface area contributed by atoms with Gasteiger partial charge >= 0.3 is 0 Å². The summed E-state index contributed by atoms with van der Waals surface area (Å²) in [4.78, 5) is 24.0. The lowest BCUT2D eigenvalue weighted by molar-refractivity contribution is 0.0685. The highest BCUT2D eigenvalue weighted by atomic mass is 35.5. The van der Waals surface area contributed by atoms with Gasteiger partial charge in [0.25, 0.3) is 5.91 Å². The molecule has 1 saturated heterocycles. The summed E-state index contributed by atoms with van der Waals surface area (Å²) >= 11 is 9.35. The highest BCUT2D eigenvalue weighted by Gasteiger charge is 2.25. The molecule has 0 saturated carbocycles. The molecule has 0 spiro atoms. The Bertz CT molecular complexity index is 1580. The van der Waals surface area contributed by atoms with Gasteiger partial charge in [0.1, 0.15) is 10.7 Å². The van der Waals surface area contributed by atoms with E-state index in [1.54, 1.807) is 12.4 Å². The van der Waals surface area contributed by atoms with Gasteiger partial charge in [-0.3, -0.25) is 14.3 Å². The molecule has 10 heteroatoms. The Kier molecular flexibility index (Phi) is 8.22. The highest BCUT2D eigenvalue weighted by Crippen LogP contribution is 2.31. The van der Waals surface area contributed by atoms with Gasteiger partial charge in [0.05, 0.1) is 11.4 Å². The van der Waals surface area contributed by atoms with Crippen molar-refractivity contribution in [1.29, 1.82) is 0 Å². The lowest BCUT2D eigenvalue weighted by atomic mass is 9.90. The second-order valence-electron chi connectivity index (χ2n) is 9.70. The standard InChI is InChI=1S/C30H27ClN6OS2/c31-24-7-4-8-25(18-24)37-28(23-9-13-32-14-10-23)34-35-30(37)40-20-27-33-26(19-39-27)29(38)36-15-11-22(12-16-36)17-21-5-2-1-3-6-21/h1-10,13-14,18-19,22H,11-12,15-17,20H2. The first-order valence-electron chi connectivity index (χ1n) is 13.2. The van der Waals surface area contributed by atoms with Crippen LogP contribution in [0.5, 0.6) is 0 Å². The molecule has 0 atom stereocenters. The molecule has 0 unspecified atom stereocenters. The van der Waals surface area contributed by atoms with Crippen LogP contribution >= 0.6 is 34.7 Å². The van der Waals surface area contributed by atoms with Crippen LogP contribution < -0.4 is 0 Å². The van der Waals surface area contributed by atoms with E-state index in [-0.39, 0.29) is 5.91 Å². The molecule has 0 N–H and O–H groups in total. The third kappa shape index (κ3) is 6.11. The van der Waals surface area contributed by atoms with Crippen LogP contribution in [0.15, 0.2) is 89.7 Å². The zero-order valence-electron chi connectivity index (χ0n) is 21.7. The van der Waals surface area contributed by atoms with E-state index in [0.29, 0.717) is 28.2 Å². The highest BCUT2D eigenvalue weighted by molar-refractivity contribution is 7.98. The number of nitrogens with zero attached hydrogens (tertiary/aromatic N) is 6. The molecule has 1 aliphatic heterocycles. The molecular weight excluding hydrogens is 560 g/mol. The van der Waals surface area contributed by atoms with E-state index < -0.39 is 0 Å². The first-order valence-corrected chi connectivity index (χ1v) is 15.4. The van der Waals surface area contributed by atoms with Crippen molar-refractivity contribution in [3.05, 3.63) is 106 Å². The van der Waals surface area contributed by atoms with Gasteiger partial charge in [-0.1, -0.05) is 59.8 Å². The Hall–Kier alpha value is -3.53. The molecule has 40 heavy (non-hydrogen) atoms. The monoisotopic (exact) mass is 586 g/mol. The Balaban J connectivity index is 1.12. The van der Waals surface area contributed by atoms with Gasteiger partial charge in [-0.2, -0.15) is 0 Å². The zero-order valence-corrected chi connectivity index (χ0v) is 24.1. The Labute approximate surface area is 246 Å². The summed E-state index contributed by atoms with van der Waals surface area (Å²) in [6.45, 7) is 1.55. The SMILES string of the molecule is O=C(c1csc(CSc2nnc(-c3ccncc3)n2-c2cccc(Cl)c2)n1)N1CCC(Cc2ccccc2)CC1. The van der Waals surface area contributed by atoms with E-state index in [0.717, 1.165) is 53.8 Å². The number of thioether (sulfide) groups is 1. The van der Waals surface area contributed by atoms with Crippen LogP contribution in [0.3, 0.4) is 0 Å². The maximum Gasteiger partial charge on any atom is 0.273 e. The van der Waals surface area contributed by atoms with Crippen LogP contribution in [0.25, 0.3) is 17.1 Å².